The molecule has 0 aliphatic rings. The van der Waals surface area contributed by atoms with Gasteiger partial charge in [0, 0.05) is 13.2 Å². The number of nitrogens with zero attached hydrogens (tertiary/aromatic N) is 3. The highest BCUT2D eigenvalue weighted by molar-refractivity contribution is 5.87. The number of aryl methyl sites for hydroxylation is 1. The zero-order valence-electron chi connectivity index (χ0n) is 9.58. The van der Waals surface area contributed by atoms with Gasteiger partial charge in [-0.1, -0.05) is 17.3 Å². The van der Waals surface area contributed by atoms with Crippen LogP contribution in [0.3, 0.4) is 0 Å². The van der Waals surface area contributed by atoms with E-state index in [1.54, 1.807) is 11.6 Å². The fraction of sp³-hybridized carbons (Fsp3) is 0.0833. The minimum atomic E-state index is -0.644. The quantitative estimate of drug-likeness (QED) is 0.471. The molecule has 6 heteroatoms. The lowest BCUT2D eigenvalue weighted by Crippen LogP contribution is -2.01. The van der Waals surface area contributed by atoms with Crippen molar-refractivity contribution in [2.24, 2.45) is 12.2 Å². The minimum absolute atomic E-state index is 0.175. The maximum absolute atomic E-state index is 12.6. The normalized spacial score (nSPS) is 10.8. The minimum Gasteiger partial charge on any atom is -0.340 e. The average Bonchev–Trinajstić information content (AvgIpc) is 2.78. The monoisotopic (exact) mass is 247 g/mol. The lowest BCUT2D eigenvalue weighted by Gasteiger charge is -1.94. The predicted octanol–water partition coefficient (Wildman–Crippen LogP) is 1.75. The first-order valence-corrected chi connectivity index (χ1v) is 5.13. The van der Waals surface area contributed by atoms with Crippen LogP contribution in [0.15, 0.2) is 41.9 Å². The molecule has 92 valence electrons. The summed E-state index contributed by atoms with van der Waals surface area (Å²) in [5, 5.41) is 3.51. The Morgan fingerprint density at radius 3 is 2.78 bits per heavy atom. The summed E-state index contributed by atoms with van der Waals surface area (Å²) in [5.41, 5.74) is 0.805. The summed E-state index contributed by atoms with van der Waals surface area (Å²) < 4.78 is 14.2. The van der Waals surface area contributed by atoms with Gasteiger partial charge in [0.2, 0.25) is 0 Å². The highest BCUT2D eigenvalue weighted by Crippen LogP contribution is 2.01. The number of carbonyl (C=O) groups is 1. The van der Waals surface area contributed by atoms with E-state index in [-0.39, 0.29) is 11.5 Å². The molecule has 0 N–H and O–H groups in total. The van der Waals surface area contributed by atoms with Crippen molar-refractivity contribution in [3.8, 4) is 0 Å². The van der Waals surface area contributed by atoms with Gasteiger partial charge in [0.1, 0.15) is 5.82 Å². The number of rotatable bonds is 3. The molecule has 1 heterocycles. The fourth-order valence-electron chi connectivity index (χ4n) is 1.25. The largest absolute Gasteiger partial charge is 0.385 e. The molecule has 0 aliphatic carbocycles. The maximum Gasteiger partial charge on any atom is 0.385 e. The molecule has 0 radical (unpaired) electrons. The molecule has 0 atom stereocenters. The third kappa shape index (κ3) is 3.00. The molecule has 5 nitrogen and oxygen atoms in total. The second-order valence-corrected chi connectivity index (χ2v) is 3.59. The molecule has 0 spiro atoms. The van der Waals surface area contributed by atoms with E-state index in [2.05, 4.69) is 15.0 Å². The van der Waals surface area contributed by atoms with E-state index in [9.17, 15) is 9.18 Å². The molecule has 0 aliphatic heterocycles. The van der Waals surface area contributed by atoms with Crippen molar-refractivity contribution >= 4 is 12.2 Å². The molecule has 0 saturated carbocycles. The Bertz CT molecular complexity index is 575. The molecule has 18 heavy (non-hydrogen) atoms. The Morgan fingerprint density at radius 1 is 1.44 bits per heavy atom. The van der Waals surface area contributed by atoms with Crippen LogP contribution in [0.4, 0.5) is 4.39 Å². The Kier molecular flexibility index (Phi) is 3.47. The van der Waals surface area contributed by atoms with Crippen LogP contribution in [0.1, 0.15) is 16.1 Å². The van der Waals surface area contributed by atoms with E-state index < -0.39 is 5.97 Å². The van der Waals surface area contributed by atoms with Gasteiger partial charge in [-0.25, -0.2) is 14.2 Å². The second kappa shape index (κ2) is 5.22. The number of aromatic nitrogens is 2. The van der Waals surface area contributed by atoms with Gasteiger partial charge in [-0.3, -0.25) is 0 Å². The Morgan fingerprint density at radius 2 is 2.17 bits per heavy atom. The predicted molar refractivity (Wildman–Crippen MR) is 62.6 cm³/mol. The molecule has 1 aromatic heterocycles. The lowest BCUT2D eigenvalue weighted by molar-refractivity contribution is 0.0513. The molecule has 2 rings (SSSR count). The summed E-state index contributed by atoms with van der Waals surface area (Å²) >= 11 is 0. The van der Waals surface area contributed by atoms with Gasteiger partial charge in [-0.05, 0) is 17.7 Å². The van der Waals surface area contributed by atoms with Crippen LogP contribution in [0.5, 0.6) is 0 Å². The van der Waals surface area contributed by atoms with E-state index >= 15 is 0 Å². The molecular weight excluding hydrogens is 237 g/mol. The average molecular weight is 247 g/mol. The van der Waals surface area contributed by atoms with E-state index in [1.165, 1.54) is 43.0 Å². The van der Waals surface area contributed by atoms with Crippen LogP contribution in [0.2, 0.25) is 0 Å². The zero-order valence-corrected chi connectivity index (χ0v) is 9.58. The highest BCUT2D eigenvalue weighted by atomic mass is 19.1. The van der Waals surface area contributed by atoms with Gasteiger partial charge in [0.05, 0.1) is 12.5 Å². The highest BCUT2D eigenvalue weighted by Gasteiger charge is 2.09. The van der Waals surface area contributed by atoms with Crippen LogP contribution < -0.4 is 0 Å². The third-order valence-corrected chi connectivity index (χ3v) is 2.12. The molecule has 0 bridgehead atoms. The topological polar surface area (TPSA) is 56.5 Å². The third-order valence-electron chi connectivity index (χ3n) is 2.12. The van der Waals surface area contributed by atoms with Crippen molar-refractivity contribution in [2.45, 2.75) is 0 Å². The van der Waals surface area contributed by atoms with Crippen LogP contribution in [-0.2, 0) is 11.9 Å². The number of carbonyl (C=O) groups excluding carboxylic acids is 1. The number of hydrogen-bond acceptors (Lipinski definition) is 4. The molecule has 1 aromatic carbocycles. The van der Waals surface area contributed by atoms with E-state index in [4.69, 9.17) is 0 Å². The number of hydrogen-bond donors (Lipinski definition) is 0. The Labute approximate surface area is 103 Å². The summed E-state index contributed by atoms with van der Waals surface area (Å²) in [6.07, 6.45) is 4.33. The molecular formula is C12H10FN3O2. The first-order valence-electron chi connectivity index (χ1n) is 5.13. The van der Waals surface area contributed by atoms with Crippen molar-refractivity contribution in [1.29, 1.82) is 0 Å². The van der Waals surface area contributed by atoms with Crippen LogP contribution in [0, 0.1) is 5.82 Å². The summed E-state index contributed by atoms with van der Waals surface area (Å²) in [6, 6.07) is 5.63. The number of imidazole rings is 1. The molecule has 2 aromatic rings. The molecule has 0 unspecified atom stereocenters. The Hall–Kier alpha value is -2.50. The maximum atomic E-state index is 12.6. The van der Waals surface area contributed by atoms with Gasteiger partial charge >= 0.3 is 5.97 Å². The summed E-state index contributed by atoms with van der Waals surface area (Å²) in [6.45, 7) is 0. The molecule has 0 fully saturated rings. The second-order valence-electron chi connectivity index (χ2n) is 3.59. The molecule has 0 saturated heterocycles. The van der Waals surface area contributed by atoms with Gasteiger partial charge < -0.3 is 9.40 Å². The van der Waals surface area contributed by atoms with E-state index in [0.717, 1.165) is 0 Å². The number of halogens is 1. The van der Waals surface area contributed by atoms with Gasteiger partial charge in [0.15, 0.2) is 5.69 Å². The summed E-state index contributed by atoms with van der Waals surface area (Å²) in [4.78, 5) is 19.9. The number of benzene rings is 1. The van der Waals surface area contributed by atoms with E-state index in [0.29, 0.717) is 5.56 Å². The van der Waals surface area contributed by atoms with Crippen LogP contribution in [-0.4, -0.2) is 21.7 Å². The first kappa shape index (κ1) is 12.0. The van der Waals surface area contributed by atoms with Crippen molar-refractivity contribution in [2.75, 3.05) is 0 Å². The summed E-state index contributed by atoms with van der Waals surface area (Å²) in [7, 11) is 1.74. The SMILES string of the molecule is Cn1cnc(C(=O)ON=Cc2ccc(F)cc2)c1. The van der Waals surface area contributed by atoms with Crippen molar-refractivity contribution in [3.63, 3.8) is 0 Å². The molecule has 0 amide bonds. The first-order chi connectivity index (χ1) is 8.65. The van der Waals surface area contributed by atoms with Crippen LogP contribution >= 0.6 is 0 Å². The zero-order chi connectivity index (χ0) is 13.0. The number of oxime groups is 1. The van der Waals surface area contributed by atoms with Crippen molar-refractivity contribution in [3.05, 3.63) is 53.9 Å². The smallest absolute Gasteiger partial charge is 0.340 e. The standard InChI is InChI=1S/C12H10FN3O2/c1-16-7-11(14-8-16)12(17)18-15-6-9-2-4-10(13)5-3-9/h2-8H,1H3. The fourth-order valence-corrected chi connectivity index (χ4v) is 1.25. The van der Waals surface area contributed by atoms with Crippen molar-refractivity contribution < 1.29 is 14.0 Å². The van der Waals surface area contributed by atoms with Gasteiger partial charge in [-0.2, -0.15) is 0 Å². The van der Waals surface area contributed by atoms with E-state index in [1.807, 2.05) is 0 Å². The van der Waals surface area contributed by atoms with Gasteiger partial charge in [0.25, 0.3) is 0 Å². The van der Waals surface area contributed by atoms with Gasteiger partial charge in [-0.15, -0.1) is 0 Å². The summed E-state index contributed by atoms with van der Waals surface area (Å²) in [5.74, 6) is -0.980. The Balaban J connectivity index is 1.95. The lowest BCUT2D eigenvalue weighted by atomic mass is 10.2. The van der Waals surface area contributed by atoms with Crippen molar-refractivity contribution in [1.82, 2.24) is 9.55 Å². The van der Waals surface area contributed by atoms with Crippen LogP contribution in [0.25, 0.3) is 0 Å².